The molecule has 120 valence electrons. The van der Waals surface area contributed by atoms with Crippen LogP contribution in [-0.2, 0) is 14.8 Å². The Bertz CT molecular complexity index is 778. The number of nitriles is 1. The van der Waals surface area contributed by atoms with Crippen molar-refractivity contribution in [3.8, 4) is 11.8 Å². The topological polar surface area (TPSA) is 88.4 Å². The summed E-state index contributed by atoms with van der Waals surface area (Å²) >= 11 is 0. The fraction of sp³-hybridized carbons (Fsp3) is 0.188. The van der Waals surface area contributed by atoms with Crippen LogP contribution in [0.25, 0.3) is 0 Å². The van der Waals surface area contributed by atoms with Gasteiger partial charge in [0, 0.05) is 12.8 Å². The molecule has 2 aromatic rings. The third-order valence-corrected chi connectivity index (χ3v) is 4.35. The lowest BCUT2D eigenvalue weighted by Gasteiger charge is -2.09. The number of nitrogens with one attached hydrogen (secondary N) is 1. The molecule has 0 aliphatic rings. The molecule has 1 N–H and O–H groups in total. The van der Waals surface area contributed by atoms with E-state index in [9.17, 15) is 8.42 Å². The van der Waals surface area contributed by atoms with E-state index in [0.717, 1.165) is 0 Å². The zero-order valence-corrected chi connectivity index (χ0v) is 13.3. The van der Waals surface area contributed by atoms with E-state index in [1.165, 1.54) is 12.1 Å². The molecule has 0 atom stereocenters. The van der Waals surface area contributed by atoms with Crippen molar-refractivity contribution in [3.63, 3.8) is 0 Å². The van der Waals surface area contributed by atoms with Crippen LogP contribution in [0.4, 0.5) is 5.69 Å². The van der Waals surface area contributed by atoms with Crippen molar-refractivity contribution in [2.75, 3.05) is 25.0 Å². The first-order chi connectivity index (χ1) is 11.0. The monoisotopic (exact) mass is 332 g/mol. The number of methoxy groups -OCH3 is 1. The maximum atomic E-state index is 12.3. The highest BCUT2D eigenvalue weighted by Gasteiger charge is 2.14. The van der Waals surface area contributed by atoms with E-state index in [1.807, 2.05) is 6.07 Å². The van der Waals surface area contributed by atoms with Crippen molar-refractivity contribution in [1.82, 2.24) is 0 Å². The quantitative estimate of drug-likeness (QED) is 0.787. The molecular weight excluding hydrogens is 316 g/mol. The van der Waals surface area contributed by atoms with Gasteiger partial charge in [0.15, 0.2) is 0 Å². The van der Waals surface area contributed by atoms with Gasteiger partial charge in [0.25, 0.3) is 10.0 Å². The summed E-state index contributed by atoms with van der Waals surface area (Å²) in [5.41, 5.74) is 0.856. The summed E-state index contributed by atoms with van der Waals surface area (Å²) in [6.45, 7) is 0.854. The lowest BCUT2D eigenvalue weighted by Crippen LogP contribution is -2.13. The summed E-state index contributed by atoms with van der Waals surface area (Å²) in [5.74, 6) is 0.569. The van der Waals surface area contributed by atoms with Gasteiger partial charge in [-0.1, -0.05) is 0 Å². The molecule has 2 rings (SSSR count). The number of nitrogens with zero attached hydrogens (tertiary/aromatic N) is 1. The average Bonchev–Trinajstić information content (AvgIpc) is 2.56. The molecule has 0 spiro atoms. The number of rotatable bonds is 7. The second kappa shape index (κ2) is 7.63. The molecule has 0 amide bonds. The molecule has 7 heteroatoms. The summed E-state index contributed by atoms with van der Waals surface area (Å²) in [6.07, 6.45) is 0. The molecule has 0 radical (unpaired) electrons. The van der Waals surface area contributed by atoms with Gasteiger partial charge in [-0.15, -0.1) is 0 Å². The SMILES string of the molecule is COCCOc1ccc(S(=O)(=O)Nc2ccc(C#N)cc2)cc1. The Kier molecular flexibility index (Phi) is 5.57. The Hall–Kier alpha value is -2.56. The van der Waals surface area contributed by atoms with E-state index in [-0.39, 0.29) is 4.90 Å². The summed E-state index contributed by atoms with van der Waals surface area (Å²) in [4.78, 5) is 0.126. The Morgan fingerprint density at radius 2 is 1.70 bits per heavy atom. The Labute approximate surface area is 135 Å². The molecule has 0 aromatic heterocycles. The maximum Gasteiger partial charge on any atom is 0.261 e. The minimum absolute atomic E-state index is 0.126. The van der Waals surface area contributed by atoms with Gasteiger partial charge in [0.2, 0.25) is 0 Å². The van der Waals surface area contributed by atoms with Crippen LogP contribution in [0.15, 0.2) is 53.4 Å². The lowest BCUT2D eigenvalue weighted by molar-refractivity contribution is 0.146. The van der Waals surface area contributed by atoms with Crippen molar-refractivity contribution in [2.45, 2.75) is 4.90 Å². The highest BCUT2D eigenvalue weighted by molar-refractivity contribution is 7.92. The van der Waals surface area contributed by atoms with Gasteiger partial charge >= 0.3 is 0 Å². The number of hydrogen-bond donors (Lipinski definition) is 1. The standard InChI is InChI=1S/C16H16N2O4S/c1-21-10-11-22-15-6-8-16(9-7-15)23(19,20)18-14-4-2-13(12-17)3-5-14/h2-9,18H,10-11H2,1H3. The molecule has 23 heavy (non-hydrogen) atoms. The van der Waals surface area contributed by atoms with Crippen LogP contribution in [0, 0.1) is 11.3 Å². The van der Waals surface area contributed by atoms with Gasteiger partial charge in [-0.2, -0.15) is 5.26 Å². The number of sulfonamides is 1. The van der Waals surface area contributed by atoms with Crippen LogP contribution in [0.3, 0.4) is 0 Å². The first-order valence-corrected chi connectivity index (χ1v) is 8.28. The van der Waals surface area contributed by atoms with Crippen molar-refractivity contribution in [3.05, 3.63) is 54.1 Å². The minimum atomic E-state index is -3.69. The highest BCUT2D eigenvalue weighted by atomic mass is 32.2. The lowest BCUT2D eigenvalue weighted by atomic mass is 10.2. The van der Waals surface area contributed by atoms with Gasteiger partial charge in [-0.05, 0) is 48.5 Å². The zero-order chi connectivity index (χ0) is 16.7. The number of ether oxygens (including phenoxy) is 2. The summed E-state index contributed by atoms with van der Waals surface area (Å²) in [5, 5.41) is 8.73. The molecule has 0 fully saturated rings. The predicted molar refractivity (Wildman–Crippen MR) is 85.8 cm³/mol. The summed E-state index contributed by atoms with van der Waals surface area (Å²) in [6, 6.07) is 14.3. The number of benzene rings is 2. The van der Waals surface area contributed by atoms with Gasteiger partial charge < -0.3 is 9.47 Å². The van der Waals surface area contributed by atoms with Crippen LogP contribution in [-0.4, -0.2) is 28.7 Å². The van der Waals surface area contributed by atoms with Gasteiger partial charge in [-0.3, -0.25) is 4.72 Å². The molecule has 0 aliphatic carbocycles. The van der Waals surface area contributed by atoms with Gasteiger partial charge in [-0.25, -0.2) is 8.42 Å². The van der Waals surface area contributed by atoms with E-state index in [0.29, 0.717) is 30.2 Å². The number of anilines is 1. The molecule has 0 aliphatic heterocycles. The van der Waals surface area contributed by atoms with E-state index in [2.05, 4.69) is 4.72 Å². The Balaban J connectivity index is 2.08. The normalized spacial score (nSPS) is 10.8. The zero-order valence-electron chi connectivity index (χ0n) is 12.5. The Morgan fingerprint density at radius 3 is 2.26 bits per heavy atom. The van der Waals surface area contributed by atoms with Crippen molar-refractivity contribution in [1.29, 1.82) is 5.26 Å². The predicted octanol–water partition coefficient (Wildman–Crippen LogP) is 2.38. The molecule has 2 aromatic carbocycles. The molecule has 0 bridgehead atoms. The molecule has 0 saturated carbocycles. The maximum absolute atomic E-state index is 12.3. The van der Waals surface area contributed by atoms with E-state index in [1.54, 1.807) is 43.5 Å². The second-order valence-corrected chi connectivity index (χ2v) is 6.29. The van der Waals surface area contributed by atoms with E-state index >= 15 is 0 Å². The second-order valence-electron chi connectivity index (χ2n) is 4.61. The van der Waals surface area contributed by atoms with Crippen LogP contribution in [0.2, 0.25) is 0 Å². The molecule has 6 nitrogen and oxygen atoms in total. The van der Waals surface area contributed by atoms with Crippen LogP contribution in [0.1, 0.15) is 5.56 Å². The van der Waals surface area contributed by atoms with E-state index < -0.39 is 10.0 Å². The Morgan fingerprint density at radius 1 is 1.04 bits per heavy atom. The molecular formula is C16H16N2O4S. The van der Waals surface area contributed by atoms with Gasteiger partial charge in [0.05, 0.1) is 23.1 Å². The van der Waals surface area contributed by atoms with Crippen LogP contribution >= 0.6 is 0 Å². The third kappa shape index (κ3) is 4.71. The van der Waals surface area contributed by atoms with Crippen molar-refractivity contribution >= 4 is 15.7 Å². The smallest absolute Gasteiger partial charge is 0.261 e. The van der Waals surface area contributed by atoms with E-state index in [4.69, 9.17) is 14.7 Å². The fourth-order valence-electron chi connectivity index (χ4n) is 1.78. The largest absolute Gasteiger partial charge is 0.491 e. The summed E-state index contributed by atoms with van der Waals surface area (Å²) < 4.78 is 37.3. The van der Waals surface area contributed by atoms with Crippen molar-refractivity contribution < 1.29 is 17.9 Å². The molecule has 0 heterocycles. The van der Waals surface area contributed by atoms with Crippen LogP contribution < -0.4 is 9.46 Å². The average molecular weight is 332 g/mol. The first kappa shape index (κ1) is 16.8. The molecule has 0 saturated heterocycles. The third-order valence-electron chi connectivity index (χ3n) is 2.96. The highest BCUT2D eigenvalue weighted by Crippen LogP contribution is 2.19. The fourth-order valence-corrected chi connectivity index (χ4v) is 2.84. The minimum Gasteiger partial charge on any atom is -0.491 e. The van der Waals surface area contributed by atoms with Gasteiger partial charge in [0.1, 0.15) is 12.4 Å². The number of hydrogen-bond acceptors (Lipinski definition) is 5. The van der Waals surface area contributed by atoms with Crippen molar-refractivity contribution in [2.24, 2.45) is 0 Å². The van der Waals surface area contributed by atoms with Crippen LogP contribution in [0.5, 0.6) is 5.75 Å². The molecule has 0 unspecified atom stereocenters. The summed E-state index contributed by atoms with van der Waals surface area (Å²) in [7, 11) is -2.11. The first-order valence-electron chi connectivity index (χ1n) is 6.80.